The van der Waals surface area contributed by atoms with Gasteiger partial charge in [-0.25, -0.2) is 0 Å². The average molecular weight is 285 g/mol. The van der Waals surface area contributed by atoms with Crippen LogP contribution in [0.4, 0.5) is 11.4 Å². The highest BCUT2D eigenvalue weighted by Crippen LogP contribution is 2.18. The molecule has 0 aliphatic heterocycles. The number of aryl methyl sites for hydroxylation is 1. The normalized spacial score (nSPS) is 10.2. The van der Waals surface area contributed by atoms with Crippen LogP contribution in [0.1, 0.15) is 21.5 Å². The summed E-state index contributed by atoms with van der Waals surface area (Å²) in [6.45, 7) is 2.03. The van der Waals surface area contributed by atoms with Crippen molar-refractivity contribution in [1.82, 2.24) is 0 Å². The fraction of sp³-hybridized carbons (Fsp3) is 0.188. The van der Waals surface area contributed by atoms with Crippen LogP contribution in [-0.2, 0) is 6.42 Å². The van der Waals surface area contributed by atoms with Gasteiger partial charge in [-0.3, -0.25) is 10.6 Å². The Morgan fingerprint density at radius 1 is 1.19 bits per heavy atom. The average Bonchev–Trinajstić information content (AvgIpc) is 2.49. The minimum absolute atomic E-state index is 0.112. The first-order valence-electron chi connectivity index (χ1n) is 6.72. The van der Waals surface area contributed by atoms with E-state index in [1.165, 1.54) is 0 Å². The van der Waals surface area contributed by atoms with Gasteiger partial charge in [-0.1, -0.05) is 23.8 Å². The molecule has 0 aliphatic carbocycles. The third-order valence-corrected chi connectivity index (χ3v) is 3.19. The fourth-order valence-corrected chi connectivity index (χ4v) is 2.05. The van der Waals surface area contributed by atoms with Crippen LogP contribution in [0.15, 0.2) is 42.5 Å². The molecule has 0 bridgehead atoms. The smallest absolute Gasteiger partial charge is 0.257 e. The molecule has 0 aromatic heterocycles. The third kappa shape index (κ3) is 3.81. The van der Waals surface area contributed by atoms with Gasteiger partial charge in [0.2, 0.25) is 0 Å². The Labute approximate surface area is 123 Å². The summed E-state index contributed by atoms with van der Waals surface area (Å²) in [6.07, 6.45) is 0.605. The zero-order valence-electron chi connectivity index (χ0n) is 11.9. The van der Waals surface area contributed by atoms with Gasteiger partial charge in [0.05, 0.1) is 11.3 Å². The molecule has 0 saturated carbocycles. The second-order valence-electron chi connectivity index (χ2n) is 4.82. The van der Waals surface area contributed by atoms with Gasteiger partial charge in [-0.05, 0) is 43.2 Å². The van der Waals surface area contributed by atoms with Gasteiger partial charge >= 0.3 is 0 Å². The van der Waals surface area contributed by atoms with Gasteiger partial charge in [0.25, 0.3) is 5.91 Å². The van der Waals surface area contributed by atoms with Gasteiger partial charge in [0.15, 0.2) is 0 Å². The highest BCUT2D eigenvalue weighted by molar-refractivity contribution is 6.08. The van der Waals surface area contributed by atoms with Crippen molar-refractivity contribution in [2.45, 2.75) is 13.3 Å². The Morgan fingerprint density at radius 2 is 1.90 bits per heavy atom. The predicted octanol–water partition coefficient (Wildman–Crippen LogP) is 2.07. The van der Waals surface area contributed by atoms with Crippen LogP contribution in [0.3, 0.4) is 0 Å². The van der Waals surface area contributed by atoms with Crippen molar-refractivity contribution in [3.8, 4) is 0 Å². The SMILES string of the molecule is Cc1ccc(NN)c(C(=O)Nc2ccc(CCO)cc2)c1. The minimum atomic E-state index is -0.221. The number of anilines is 2. The molecule has 2 rings (SSSR count). The lowest BCUT2D eigenvalue weighted by Gasteiger charge is -2.11. The Balaban J connectivity index is 2.15. The van der Waals surface area contributed by atoms with Crippen molar-refractivity contribution in [3.05, 3.63) is 59.2 Å². The van der Waals surface area contributed by atoms with Crippen LogP contribution in [-0.4, -0.2) is 17.6 Å². The number of nitrogens with one attached hydrogen (secondary N) is 2. The molecular formula is C16H19N3O2. The summed E-state index contributed by atoms with van der Waals surface area (Å²) in [5, 5.41) is 11.7. The molecule has 1 amide bonds. The highest BCUT2D eigenvalue weighted by Gasteiger charge is 2.11. The maximum atomic E-state index is 12.3. The molecule has 5 nitrogen and oxygen atoms in total. The number of carbonyl (C=O) groups excluding carboxylic acids is 1. The van der Waals surface area contributed by atoms with Crippen LogP contribution < -0.4 is 16.6 Å². The monoisotopic (exact) mass is 285 g/mol. The summed E-state index contributed by atoms with van der Waals surface area (Å²) in [4.78, 5) is 12.3. The molecular weight excluding hydrogens is 266 g/mol. The van der Waals surface area contributed by atoms with Crippen molar-refractivity contribution >= 4 is 17.3 Å². The molecule has 110 valence electrons. The first-order chi connectivity index (χ1) is 10.1. The number of hydrogen-bond donors (Lipinski definition) is 4. The van der Waals surface area contributed by atoms with Gasteiger partial charge < -0.3 is 15.8 Å². The molecule has 5 heteroatoms. The lowest BCUT2D eigenvalue weighted by molar-refractivity contribution is 0.102. The molecule has 0 radical (unpaired) electrons. The lowest BCUT2D eigenvalue weighted by atomic mass is 10.1. The molecule has 0 spiro atoms. The van der Waals surface area contributed by atoms with E-state index in [2.05, 4.69) is 10.7 Å². The maximum Gasteiger partial charge on any atom is 0.257 e. The maximum absolute atomic E-state index is 12.3. The van der Waals surface area contributed by atoms with Crippen molar-refractivity contribution in [2.24, 2.45) is 5.84 Å². The molecule has 21 heavy (non-hydrogen) atoms. The summed E-state index contributed by atoms with van der Waals surface area (Å²) in [5.74, 6) is 5.21. The van der Waals surface area contributed by atoms with Gasteiger partial charge in [-0.15, -0.1) is 0 Å². The molecule has 2 aromatic rings. The van der Waals surface area contributed by atoms with E-state index < -0.39 is 0 Å². The van der Waals surface area contributed by atoms with Crippen LogP contribution in [0, 0.1) is 6.92 Å². The number of amides is 1. The number of nitrogens with two attached hydrogens (primary N) is 1. The Bertz CT molecular complexity index is 624. The third-order valence-electron chi connectivity index (χ3n) is 3.19. The van der Waals surface area contributed by atoms with Gasteiger partial charge in [-0.2, -0.15) is 0 Å². The van der Waals surface area contributed by atoms with Crippen molar-refractivity contribution in [3.63, 3.8) is 0 Å². The zero-order valence-corrected chi connectivity index (χ0v) is 11.9. The van der Waals surface area contributed by atoms with Crippen LogP contribution in [0.25, 0.3) is 0 Å². The second kappa shape index (κ2) is 6.88. The topological polar surface area (TPSA) is 87.4 Å². The van der Waals surface area contributed by atoms with E-state index in [9.17, 15) is 4.79 Å². The van der Waals surface area contributed by atoms with E-state index in [4.69, 9.17) is 10.9 Å². The number of hydrazine groups is 1. The number of nitrogen functional groups attached to an aromatic ring is 1. The number of aliphatic hydroxyl groups excluding tert-OH is 1. The standard InChI is InChI=1S/C16H19N3O2/c1-11-2-7-15(19-17)14(10-11)16(21)18-13-5-3-12(4-6-13)8-9-20/h2-7,10,19-20H,8-9,17H2,1H3,(H,18,21). The Morgan fingerprint density at radius 3 is 2.52 bits per heavy atom. The first-order valence-corrected chi connectivity index (χ1v) is 6.72. The number of aliphatic hydroxyl groups is 1. The van der Waals surface area contributed by atoms with Crippen LogP contribution in [0.5, 0.6) is 0 Å². The molecule has 2 aromatic carbocycles. The zero-order chi connectivity index (χ0) is 15.2. The van der Waals surface area contributed by atoms with Crippen molar-refractivity contribution in [1.29, 1.82) is 0 Å². The van der Waals surface area contributed by atoms with Crippen LogP contribution >= 0.6 is 0 Å². The van der Waals surface area contributed by atoms with E-state index in [0.29, 0.717) is 23.4 Å². The molecule has 0 atom stereocenters. The van der Waals surface area contributed by atoms with Gasteiger partial charge in [0.1, 0.15) is 0 Å². The Kier molecular flexibility index (Phi) is 4.92. The number of carbonyl (C=O) groups is 1. The van der Waals surface area contributed by atoms with E-state index >= 15 is 0 Å². The lowest BCUT2D eigenvalue weighted by Crippen LogP contribution is -2.17. The predicted molar refractivity (Wildman–Crippen MR) is 84.2 cm³/mol. The van der Waals surface area contributed by atoms with Gasteiger partial charge in [0, 0.05) is 12.3 Å². The second-order valence-corrected chi connectivity index (χ2v) is 4.82. The molecule has 0 heterocycles. The van der Waals surface area contributed by atoms with E-state index in [1.54, 1.807) is 12.1 Å². The number of hydrogen-bond acceptors (Lipinski definition) is 4. The Hall–Kier alpha value is -2.37. The number of rotatable bonds is 5. The molecule has 0 fully saturated rings. The highest BCUT2D eigenvalue weighted by atomic mass is 16.2. The first kappa shape index (κ1) is 15.0. The van der Waals surface area contributed by atoms with E-state index in [-0.39, 0.29) is 12.5 Å². The van der Waals surface area contributed by atoms with Crippen molar-refractivity contribution in [2.75, 3.05) is 17.3 Å². The number of benzene rings is 2. The summed E-state index contributed by atoms with van der Waals surface area (Å²) in [5.41, 5.74) is 6.31. The summed E-state index contributed by atoms with van der Waals surface area (Å²) in [7, 11) is 0. The van der Waals surface area contributed by atoms with Crippen LogP contribution in [0.2, 0.25) is 0 Å². The molecule has 5 N–H and O–H groups in total. The fourth-order valence-electron chi connectivity index (χ4n) is 2.05. The molecule has 0 aliphatic rings. The summed E-state index contributed by atoms with van der Waals surface area (Å²) < 4.78 is 0. The van der Waals surface area contributed by atoms with Crippen molar-refractivity contribution < 1.29 is 9.90 Å². The summed E-state index contributed by atoms with van der Waals surface area (Å²) in [6, 6.07) is 12.8. The quantitative estimate of drug-likeness (QED) is 0.500. The molecule has 0 unspecified atom stereocenters. The summed E-state index contributed by atoms with van der Waals surface area (Å²) >= 11 is 0. The minimum Gasteiger partial charge on any atom is -0.396 e. The molecule has 0 saturated heterocycles. The van der Waals surface area contributed by atoms with E-state index in [1.807, 2.05) is 37.3 Å². The van der Waals surface area contributed by atoms with E-state index in [0.717, 1.165) is 11.1 Å². The largest absolute Gasteiger partial charge is 0.396 e.